The smallest absolute Gasteiger partial charge is 0.0596 e. The summed E-state index contributed by atoms with van der Waals surface area (Å²) in [5.74, 6) is 0. The van der Waals surface area contributed by atoms with Crippen molar-refractivity contribution >= 4 is 23.5 Å². The highest BCUT2D eigenvalue weighted by Crippen LogP contribution is 2.31. The van der Waals surface area contributed by atoms with Gasteiger partial charge in [-0.3, -0.25) is 9.80 Å². The molecule has 0 saturated heterocycles. The second kappa shape index (κ2) is 8.98. The van der Waals surface area contributed by atoms with E-state index >= 15 is 0 Å². The second-order valence-corrected chi connectivity index (χ2v) is 7.86. The minimum Gasteiger partial charge on any atom is -0.297 e. The molecule has 0 N–H and O–H groups in total. The van der Waals surface area contributed by atoms with Gasteiger partial charge >= 0.3 is 0 Å². The maximum Gasteiger partial charge on any atom is 0.0596 e. The monoisotopic (exact) mass is 312 g/mol. The summed E-state index contributed by atoms with van der Waals surface area (Å²) in [4.78, 5) is 7.28. The molecule has 0 heterocycles. The van der Waals surface area contributed by atoms with Crippen LogP contribution < -0.4 is 0 Å². The van der Waals surface area contributed by atoms with Gasteiger partial charge in [0.1, 0.15) is 0 Å². The largest absolute Gasteiger partial charge is 0.297 e. The molecule has 0 aliphatic carbocycles. The molecular formula is C16H28N2S2. The van der Waals surface area contributed by atoms with Gasteiger partial charge < -0.3 is 0 Å². The number of benzene rings is 1. The maximum absolute atomic E-state index is 2.28. The Morgan fingerprint density at radius 1 is 0.750 bits per heavy atom. The standard InChI is InChI=1S/C16H28N2S2/c1-7-15(17(3)4)19-13-9-11-14(12-10-13)20-16(8-2)18(5)6/h9-12,15-16H,7-8H2,1-6H3. The SMILES string of the molecule is CCC(Sc1ccc(SC(CC)N(C)C)cc1)N(C)C. The number of nitrogens with zero attached hydrogens (tertiary/aromatic N) is 2. The van der Waals surface area contributed by atoms with Gasteiger partial charge in [0.25, 0.3) is 0 Å². The highest BCUT2D eigenvalue weighted by atomic mass is 32.2. The van der Waals surface area contributed by atoms with Crippen molar-refractivity contribution in [2.24, 2.45) is 0 Å². The number of hydrogen-bond donors (Lipinski definition) is 0. The summed E-state index contributed by atoms with van der Waals surface area (Å²) in [6.07, 6.45) is 2.32. The van der Waals surface area contributed by atoms with Crippen LogP contribution in [0.15, 0.2) is 34.1 Å². The van der Waals surface area contributed by atoms with E-state index < -0.39 is 0 Å². The highest BCUT2D eigenvalue weighted by molar-refractivity contribution is 8.00. The summed E-state index contributed by atoms with van der Waals surface area (Å²) in [5.41, 5.74) is 0. The van der Waals surface area contributed by atoms with Crippen LogP contribution in [-0.2, 0) is 0 Å². The average molecular weight is 313 g/mol. The van der Waals surface area contributed by atoms with E-state index in [4.69, 9.17) is 0 Å². The highest BCUT2D eigenvalue weighted by Gasteiger charge is 2.12. The van der Waals surface area contributed by atoms with E-state index in [9.17, 15) is 0 Å². The van der Waals surface area contributed by atoms with Crippen LogP contribution in [0.2, 0.25) is 0 Å². The van der Waals surface area contributed by atoms with Gasteiger partial charge in [-0.1, -0.05) is 13.8 Å². The first-order valence-corrected chi connectivity index (χ1v) is 9.00. The van der Waals surface area contributed by atoms with E-state index in [1.807, 2.05) is 23.5 Å². The molecule has 0 fully saturated rings. The predicted octanol–water partition coefficient (Wildman–Crippen LogP) is 4.47. The Bertz CT molecular complexity index is 340. The van der Waals surface area contributed by atoms with Crippen LogP contribution in [0.3, 0.4) is 0 Å². The Labute approximate surface area is 133 Å². The Balaban J connectivity index is 2.64. The third-order valence-corrected chi connectivity index (χ3v) is 6.36. The van der Waals surface area contributed by atoms with E-state index in [1.54, 1.807) is 0 Å². The van der Waals surface area contributed by atoms with Gasteiger partial charge in [-0.2, -0.15) is 0 Å². The van der Waals surface area contributed by atoms with Crippen molar-refractivity contribution in [2.45, 2.75) is 47.2 Å². The number of thioether (sulfide) groups is 2. The van der Waals surface area contributed by atoms with Crippen molar-refractivity contribution < 1.29 is 0 Å². The van der Waals surface area contributed by atoms with Crippen molar-refractivity contribution in [3.63, 3.8) is 0 Å². The molecule has 4 heteroatoms. The molecule has 2 unspecified atom stereocenters. The Kier molecular flexibility index (Phi) is 8.03. The number of rotatable bonds is 8. The summed E-state index contributed by atoms with van der Waals surface area (Å²) in [6, 6.07) is 9.01. The molecule has 20 heavy (non-hydrogen) atoms. The van der Waals surface area contributed by atoms with Crippen LogP contribution in [0.25, 0.3) is 0 Å². The zero-order valence-corrected chi connectivity index (χ0v) is 15.2. The molecule has 0 amide bonds. The van der Waals surface area contributed by atoms with Gasteiger partial charge in [0.05, 0.1) is 10.7 Å². The van der Waals surface area contributed by atoms with Gasteiger partial charge in [-0.25, -0.2) is 0 Å². The molecule has 0 aliphatic heterocycles. The fourth-order valence-corrected chi connectivity index (χ4v) is 3.99. The Morgan fingerprint density at radius 2 is 1.05 bits per heavy atom. The molecular weight excluding hydrogens is 284 g/mol. The molecule has 0 aromatic heterocycles. The predicted molar refractivity (Wildman–Crippen MR) is 93.7 cm³/mol. The molecule has 0 radical (unpaired) electrons. The first-order valence-electron chi connectivity index (χ1n) is 7.24. The zero-order valence-electron chi connectivity index (χ0n) is 13.6. The summed E-state index contributed by atoms with van der Waals surface area (Å²) < 4.78 is 0. The van der Waals surface area contributed by atoms with Crippen molar-refractivity contribution in [2.75, 3.05) is 28.2 Å². The minimum atomic E-state index is 0.554. The van der Waals surface area contributed by atoms with Crippen molar-refractivity contribution in [3.05, 3.63) is 24.3 Å². The minimum absolute atomic E-state index is 0.554. The van der Waals surface area contributed by atoms with Crippen molar-refractivity contribution in [3.8, 4) is 0 Å². The summed E-state index contributed by atoms with van der Waals surface area (Å²) in [7, 11) is 8.59. The summed E-state index contributed by atoms with van der Waals surface area (Å²) >= 11 is 3.89. The van der Waals surface area contributed by atoms with Gasteiger partial charge in [0.2, 0.25) is 0 Å². The molecule has 2 nitrogen and oxygen atoms in total. The number of hydrogen-bond acceptors (Lipinski definition) is 4. The first kappa shape index (κ1) is 17.9. The Morgan fingerprint density at radius 3 is 1.25 bits per heavy atom. The van der Waals surface area contributed by atoms with E-state index in [-0.39, 0.29) is 0 Å². The maximum atomic E-state index is 2.28. The van der Waals surface area contributed by atoms with Crippen LogP contribution in [-0.4, -0.2) is 48.7 Å². The first-order chi connectivity index (χ1) is 9.47. The van der Waals surface area contributed by atoms with Gasteiger partial charge in [-0.15, -0.1) is 23.5 Å². The zero-order chi connectivity index (χ0) is 15.1. The van der Waals surface area contributed by atoms with E-state index in [1.165, 1.54) is 9.79 Å². The molecule has 1 aromatic rings. The second-order valence-electron chi connectivity index (χ2n) is 5.36. The van der Waals surface area contributed by atoms with Crippen molar-refractivity contribution in [1.29, 1.82) is 0 Å². The molecule has 0 aliphatic rings. The van der Waals surface area contributed by atoms with Crippen LogP contribution in [0.4, 0.5) is 0 Å². The van der Waals surface area contributed by atoms with E-state index in [2.05, 4.69) is 76.1 Å². The molecule has 1 rings (SSSR count). The molecule has 1 aromatic carbocycles. The van der Waals surface area contributed by atoms with Crippen LogP contribution in [0.5, 0.6) is 0 Å². The third-order valence-electron chi connectivity index (χ3n) is 3.22. The summed E-state index contributed by atoms with van der Waals surface area (Å²) in [6.45, 7) is 4.48. The van der Waals surface area contributed by atoms with Gasteiger partial charge in [-0.05, 0) is 65.3 Å². The molecule has 0 spiro atoms. The quantitative estimate of drug-likeness (QED) is 0.516. The van der Waals surface area contributed by atoms with Crippen LogP contribution in [0.1, 0.15) is 26.7 Å². The lowest BCUT2D eigenvalue weighted by Gasteiger charge is -2.23. The normalized spacial score (nSPS) is 14.8. The molecule has 0 saturated carbocycles. The topological polar surface area (TPSA) is 6.48 Å². The van der Waals surface area contributed by atoms with Gasteiger partial charge in [0.15, 0.2) is 0 Å². The lowest BCUT2D eigenvalue weighted by Crippen LogP contribution is -2.23. The molecule has 0 bridgehead atoms. The van der Waals surface area contributed by atoms with Crippen LogP contribution in [0, 0.1) is 0 Å². The lowest BCUT2D eigenvalue weighted by atomic mass is 10.4. The van der Waals surface area contributed by atoms with E-state index in [0.717, 1.165) is 12.8 Å². The summed E-state index contributed by atoms with van der Waals surface area (Å²) in [5, 5.41) is 1.11. The fraction of sp³-hybridized carbons (Fsp3) is 0.625. The van der Waals surface area contributed by atoms with E-state index in [0.29, 0.717) is 10.7 Å². The third kappa shape index (κ3) is 5.68. The van der Waals surface area contributed by atoms with Gasteiger partial charge in [0, 0.05) is 9.79 Å². The van der Waals surface area contributed by atoms with Crippen LogP contribution >= 0.6 is 23.5 Å². The molecule has 114 valence electrons. The Hall–Kier alpha value is -0.160. The lowest BCUT2D eigenvalue weighted by molar-refractivity contribution is 0.375. The van der Waals surface area contributed by atoms with Crippen molar-refractivity contribution in [1.82, 2.24) is 9.80 Å². The molecule has 2 atom stereocenters. The fourth-order valence-electron chi connectivity index (χ4n) is 2.02. The average Bonchev–Trinajstić information content (AvgIpc) is 2.42.